The number of rotatable bonds is 6. The second kappa shape index (κ2) is 7.69. The van der Waals surface area contributed by atoms with E-state index in [9.17, 15) is 18.5 Å². The maximum absolute atomic E-state index is 12.9. The lowest BCUT2D eigenvalue weighted by molar-refractivity contribution is -0.385. The molecular weight excluding hydrogens is 422 g/mol. The van der Waals surface area contributed by atoms with E-state index < -0.39 is 14.9 Å². The highest BCUT2D eigenvalue weighted by molar-refractivity contribution is 7.92. The van der Waals surface area contributed by atoms with Gasteiger partial charge in [0.15, 0.2) is 0 Å². The number of aryl methyl sites for hydroxylation is 1. The normalized spacial score (nSPS) is 11.4. The molecule has 4 aromatic rings. The van der Waals surface area contributed by atoms with Crippen molar-refractivity contribution in [2.24, 2.45) is 0 Å². The molecule has 10 nitrogen and oxygen atoms in total. The molecule has 11 heteroatoms. The summed E-state index contributed by atoms with van der Waals surface area (Å²) >= 11 is 0. The summed E-state index contributed by atoms with van der Waals surface area (Å²) in [4.78, 5) is 19.0. The van der Waals surface area contributed by atoms with Gasteiger partial charge in [0, 0.05) is 35.8 Å². The van der Waals surface area contributed by atoms with Crippen LogP contribution < -0.4 is 9.46 Å². The molecule has 158 valence electrons. The fraction of sp³-hybridized carbons (Fsp3) is 0.100. The molecular formula is C20H17N5O5S. The summed E-state index contributed by atoms with van der Waals surface area (Å²) in [5, 5.41) is 11.2. The van der Waals surface area contributed by atoms with Crippen LogP contribution >= 0.6 is 0 Å². The number of sulfonamides is 1. The van der Waals surface area contributed by atoms with E-state index >= 15 is 0 Å². The van der Waals surface area contributed by atoms with Crippen molar-refractivity contribution in [2.45, 2.75) is 11.8 Å². The van der Waals surface area contributed by atoms with E-state index in [0.29, 0.717) is 22.6 Å². The lowest BCUT2D eigenvalue weighted by Gasteiger charge is -2.13. The third-order valence-electron chi connectivity index (χ3n) is 4.66. The molecule has 2 heterocycles. The number of hydrogen-bond donors (Lipinski definition) is 1. The van der Waals surface area contributed by atoms with Crippen molar-refractivity contribution >= 4 is 27.2 Å². The van der Waals surface area contributed by atoms with Crippen molar-refractivity contribution in [2.75, 3.05) is 11.8 Å². The molecule has 0 unspecified atom stereocenters. The Kier molecular flexibility index (Phi) is 5.03. The Labute approximate surface area is 177 Å². The number of fused-ring (bicyclic) bond motifs is 1. The van der Waals surface area contributed by atoms with E-state index in [2.05, 4.69) is 14.7 Å². The number of nitro groups is 1. The van der Waals surface area contributed by atoms with Gasteiger partial charge in [-0.2, -0.15) is 0 Å². The maximum Gasteiger partial charge on any atom is 0.273 e. The zero-order chi connectivity index (χ0) is 22.2. The minimum atomic E-state index is -4.11. The summed E-state index contributed by atoms with van der Waals surface area (Å²) in [7, 11) is -2.70. The number of aromatic nitrogens is 3. The second-order valence-corrected chi connectivity index (χ2v) is 8.36. The topological polar surface area (TPSA) is 129 Å². The summed E-state index contributed by atoms with van der Waals surface area (Å²) in [5.74, 6) is 0.790. The van der Waals surface area contributed by atoms with Crippen LogP contribution in [0, 0.1) is 17.0 Å². The average Bonchev–Trinajstić information content (AvgIpc) is 3.17. The predicted molar refractivity (Wildman–Crippen MR) is 114 cm³/mol. The largest absolute Gasteiger partial charge is 0.495 e. The Bertz CT molecular complexity index is 1380. The van der Waals surface area contributed by atoms with Gasteiger partial charge in [-0.15, -0.1) is 0 Å². The van der Waals surface area contributed by atoms with Crippen LogP contribution in [0.15, 0.2) is 66.0 Å². The van der Waals surface area contributed by atoms with Gasteiger partial charge in [-0.3, -0.25) is 19.2 Å². The molecule has 0 aliphatic rings. The smallest absolute Gasteiger partial charge is 0.273 e. The predicted octanol–water partition coefficient (Wildman–Crippen LogP) is 3.42. The Balaban J connectivity index is 1.74. The number of nitrogens with one attached hydrogen (secondary N) is 1. The van der Waals surface area contributed by atoms with Crippen molar-refractivity contribution in [1.29, 1.82) is 0 Å². The third-order valence-corrected chi connectivity index (χ3v) is 6.03. The summed E-state index contributed by atoms with van der Waals surface area (Å²) in [6.45, 7) is 1.54. The fourth-order valence-electron chi connectivity index (χ4n) is 3.07. The van der Waals surface area contributed by atoms with Gasteiger partial charge >= 0.3 is 0 Å². The molecule has 2 aromatic heterocycles. The van der Waals surface area contributed by atoms with Gasteiger partial charge in [-0.25, -0.2) is 18.4 Å². The Morgan fingerprint density at radius 3 is 2.71 bits per heavy atom. The molecule has 1 N–H and O–H groups in total. The second-order valence-electron chi connectivity index (χ2n) is 6.68. The first kappa shape index (κ1) is 20.3. The molecule has 0 radical (unpaired) electrons. The molecule has 0 saturated carbocycles. The molecule has 0 aliphatic carbocycles. The van der Waals surface area contributed by atoms with E-state index in [1.807, 2.05) is 0 Å². The average molecular weight is 439 g/mol. The molecule has 0 fully saturated rings. The van der Waals surface area contributed by atoms with E-state index in [0.717, 1.165) is 6.07 Å². The number of benzene rings is 2. The molecule has 0 atom stereocenters. The monoisotopic (exact) mass is 439 g/mol. The van der Waals surface area contributed by atoms with Crippen molar-refractivity contribution in [3.8, 4) is 17.0 Å². The van der Waals surface area contributed by atoms with Crippen LogP contribution in [0.5, 0.6) is 5.75 Å². The molecule has 0 amide bonds. The third kappa shape index (κ3) is 3.90. The Morgan fingerprint density at radius 2 is 2.00 bits per heavy atom. The van der Waals surface area contributed by atoms with Gasteiger partial charge < -0.3 is 4.74 Å². The lowest BCUT2D eigenvalue weighted by atomic mass is 10.1. The van der Waals surface area contributed by atoms with Gasteiger partial charge in [0.2, 0.25) is 5.78 Å². The van der Waals surface area contributed by atoms with Crippen molar-refractivity contribution in [3.63, 3.8) is 0 Å². The molecule has 4 rings (SSSR count). The maximum atomic E-state index is 12.9. The highest BCUT2D eigenvalue weighted by Crippen LogP contribution is 2.32. The first-order chi connectivity index (χ1) is 14.8. The minimum absolute atomic E-state index is 0.174. The van der Waals surface area contributed by atoms with Crippen molar-refractivity contribution in [1.82, 2.24) is 14.4 Å². The first-order valence-corrected chi connectivity index (χ1v) is 10.5. The Hall–Kier alpha value is -3.99. The van der Waals surface area contributed by atoms with Crippen molar-refractivity contribution in [3.05, 3.63) is 76.7 Å². The van der Waals surface area contributed by atoms with Crippen LogP contribution in [0.1, 0.15) is 5.56 Å². The quantitative estimate of drug-likeness (QED) is 0.360. The van der Waals surface area contributed by atoms with Gasteiger partial charge in [0.25, 0.3) is 15.7 Å². The number of nitro benzene ring substituents is 1. The van der Waals surface area contributed by atoms with Gasteiger partial charge in [0.1, 0.15) is 5.75 Å². The van der Waals surface area contributed by atoms with Gasteiger partial charge in [-0.05, 0) is 37.3 Å². The summed E-state index contributed by atoms with van der Waals surface area (Å²) in [6, 6.07) is 10.4. The van der Waals surface area contributed by atoms with Crippen LogP contribution in [0.4, 0.5) is 11.4 Å². The van der Waals surface area contributed by atoms with Gasteiger partial charge in [0.05, 0.1) is 28.3 Å². The summed E-state index contributed by atoms with van der Waals surface area (Å²) < 4.78 is 35.3. The molecule has 0 bridgehead atoms. The first-order valence-electron chi connectivity index (χ1n) is 9.04. The molecule has 0 spiro atoms. The van der Waals surface area contributed by atoms with Crippen molar-refractivity contribution < 1.29 is 18.1 Å². The van der Waals surface area contributed by atoms with Crippen LogP contribution in [0.25, 0.3) is 17.0 Å². The van der Waals surface area contributed by atoms with E-state index in [-0.39, 0.29) is 22.0 Å². The molecule has 0 aliphatic heterocycles. The van der Waals surface area contributed by atoms with E-state index in [4.69, 9.17) is 4.74 Å². The van der Waals surface area contributed by atoms with Gasteiger partial charge in [-0.1, -0.05) is 6.07 Å². The SMILES string of the molecule is COc1ccc(-c2cn3cccnc3n2)cc1NS(=O)(=O)c1ccc(C)c([N+](=O)[O-])c1. The number of anilines is 1. The van der Waals surface area contributed by atoms with Crippen LogP contribution in [0.3, 0.4) is 0 Å². The summed E-state index contributed by atoms with van der Waals surface area (Å²) in [5.41, 5.74) is 1.49. The number of nitrogens with zero attached hydrogens (tertiary/aromatic N) is 4. The zero-order valence-corrected chi connectivity index (χ0v) is 17.3. The standard InChI is InChI=1S/C20H17N5O5S/c1-13-4-6-15(11-18(13)25(26)27)31(28,29)23-16-10-14(5-7-19(16)30-2)17-12-24-9-3-8-21-20(24)22-17/h3-12,23H,1-2H3. The highest BCUT2D eigenvalue weighted by Gasteiger charge is 2.22. The van der Waals surface area contributed by atoms with Crippen LogP contribution in [-0.2, 0) is 10.0 Å². The zero-order valence-electron chi connectivity index (χ0n) is 16.5. The lowest BCUT2D eigenvalue weighted by Crippen LogP contribution is -2.14. The van der Waals surface area contributed by atoms with E-state index in [1.54, 1.807) is 47.3 Å². The van der Waals surface area contributed by atoms with E-state index in [1.165, 1.54) is 26.2 Å². The number of hydrogen-bond acceptors (Lipinski definition) is 7. The number of ether oxygens (including phenoxy) is 1. The molecule has 0 saturated heterocycles. The number of imidazole rings is 1. The summed E-state index contributed by atoms with van der Waals surface area (Å²) in [6.07, 6.45) is 5.20. The Morgan fingerprint density at radius 1 is 1.19 bits per heavy atom. The fourth-order valence-corrected chi connectivity index (χ4v) is 4.15. The van der Waals surface area contributed by atoms with Crippen LogP contribution in [0.2, 0.25) is 0 Å². The molecule has 2 aromatic carbocycles. The minimum Gasteiger partial charge on any atom is -0.495 e. The van der Waals surface area contributed by atoms with Crippen LogP contribution in [-0.4, -0.2) is 34.8 Å². The number of methoxy groups -OCH3 is 1. The molecule has 31 heavy (non-hydrogen) atoms. The highest BCUT2D eigenvalue weighted by atomic mass is 32.2.